The van der Waals surface area contributed by atoms with Crippen LogP contribution in [0.25, 0.3) is 0 Å². The highest BCUT2D eigenvalue weighted by molar-refractivity contribution is 6.04. The molecular formula is C14H18FN3O2. The Bertz CT molecular complexity index is 545. The van der Waals surface area contributed by atoms with Crippen LogP contribution in [-0.4, -0.2) is 24.4 Å². The molecule has 1 aliphatic heterocycles. The summed E-state index contributed by atoms with van der Waals surface area (Å²) in [5, 5.41) is 2.32. The second kappa shape index (κ2) is 5.58. The highest BCUT2D eigenvalue weighted by Gasteiger charge is 2.33. The van der Waals surface area contributed by atoms with E-state index in [1.807, 2.05) is 6.92 Å². The summed E-state index contributed by atoms with van der Waals surface area (Å²) in [4.78, 5) is 25.2. The molecule has 2 amide bonds. The van der Waals surface area contributed by atoms with Gasteiger partial charge in [0.25, 0.3) is 0 Å². The van der Waals surface area contributed by atoms with Gasteiger partial charge < -0.3 is 10.6 Å². The molecule has 0 radical (unpaired) electrons. The van der Waals surface area contributed by atoms with Gasteiger partial charge in [-0.05, 0) is 37.1 Å². The smallest absolute Gasteiger partial charge is 0.249 e. The zero-order valence-electron chi connectivity index (χ0n) is 11.5. The Morgan fingerprint density at radius 2 is 2.20 bits per heavy atom. The molecule has 1 unspecified atom stereocenters. The van der Waals surface area contributed by atoms with Crippen LogP contribution >= 0.6 is 0 Å². The van der Waals surface area contributed by atoms with Crippen molar-refractivity contribution in [1.29, 1.82) is 0 Å². The van der Waals surface area contributed by atoms with Crippen LogP contribution < -0.4 is 16.0 Å². The lowest BCUT2D eigenvalue weighted by molar-refractivity contribution is -0.132. The van der Waals surface area contributed by atoms with E-state index in [4.69, 9.17) is 5.73 Å². The van der Waals surface area contributed by atoms with Gasteiger partial charge in [0, 0.05) is 11.7 Å². The molecule has 1 aliphatic rings. The van der Waals surface area contributed by atoms with Crippen LogP contribution in [0.2, 0.25) is 0 Å². The number of benzene rings is 1. The molecule has 20 heavy (non-hydrogen) atoms. The fraction of sp³-hybridized carbons (Fsp3) is 0.429. The van der Waals surface area contributed by atoms with Crippen molar-refractivity contribution < 1.29 is 14.0 Å². The minimum absolute atomic E-state index is 0.0651. The van der Waals surface area contributed by atoms with Gasteiger partial charge in [0.15, 0.2) is 0 Å². The van der Waals surface area contributed by atoms with Gasteiger partial charge >= 0.3 is 0 Å². The Hall–Kier alpha value is -1.95. The van der Waals surface area contributed by atoms with Crippen LogP contribution in [0.1, 0.15) is 31.9 Å². The first kappa shape index (κ1) is 14.5. The van der Waals surface area contributed by atoms with E-state index < -0.39 is 12.1 Å². The SMILES string of the molecule is CCC1C(=O)NC(=O)CN1c1ccc(F)cc1[C@H](C)N. The van der Waals surface area contributed by atoms with E-state index >= 15 is 0 Å². The van der Waals surface area contributed by atoms with Crippen molar-refractivity contribution >= 4 is 17.5 Å². The van der Waals surface area contributed by atoms with Crippen molar-refractivity contribution in [2.24, 2.45) is 5.73 Å². The zero-order valence-corrected chi connectivity index (χ0v) is 11.5. The number of imide groups is 1. The molecule has 108 valence electrons. The van der Waals surface area contributed by atoms with Gasteiger partial charge in [-0.15, -0.1) is 0 Å². The zero-order chi connectivity index (χ0) is 14.9. The second-order valence-corrected chi connectivity index (χ2v) is 4.96. The Morgan fingerprint density at radius 1 is 1.50 bits per heavy atom. The Kier molecular flexibility index (Phi) is 4.04. The van der Waals surface area contributed by atoms with Crippen molar-refractivity contribution in [2.45, 2.75) is 32.4 Å². The predicted octanol–water partition coefficient (Wildman–Crippen LogP) is 1.09. The maximum Gasteiger partial charge on any atom is 0.249 e. The third-order valence-electron chi connectivity index (χ3n) is 3.43. The molecule has 1 fully saturated rings. The van der Waals surface area contributed by atoms with Gasteiger partial charge in [-0.3, -0.25) is 14.9 Å². The molecule has 0 spiro atoms. The summed E-state index contributed by atoms with van der Waals surface area (Å²) < 4.78 is 13.4. The maximum absolute atomic E-state index is 13.4. The molecule has 1 saturated heterocycles. The van der Waals surface area contributed by atoms with Gasteiger partial charge in [0.1, 0.15) is 11.9 Å². The average molecular weight is 279 g/mol. The Morgan fingerprint density at radius 3 is 2.80 bits per heavy atom. The van der Waals surface area contributed by atoms with E-state index in [1.54, 1.807) is 17.9 Å². The first-order chi connectivity index (χ1) is 9.43. The summed E-state index contributed by atoms with van der Waals surface area (Å²) in [6.07, 6.45) is 0.550. The van der Waals surface area contributed by atoms with Crippen molar-refractivity contribution in [3.05, 3.63) is 29.6 Å². The van der Waals surface area contributed by atoms with Gasteiger partial charge in [-0.25, -0.2) is 4.39 Å². The fourth-order valence-electron chi connectivity index (χ4n) is 2.48. The first-order valence-electron chi connectivity index (χ1n) is 6.59. The summed E-state index contributed by atoms with van der Waals surface area (Å²) in [5.41, 5.74) is 7.09. The number of anilines is 1. The van der Waals surface area contributed by atoms with E-state index in [9.17, 15) is 14.0 Å². The van der Waals surface area contributed by atoms with Crippen LogP contribution in [0.4, 0.5) is 10.1 Å². The lowest BCUT2D eigenvalue weighted by Crippen LogP contribution is -2.58. The van der Waals surface area contributed by atoms with Crippen LogP contribution in [0.15, 0.2) is 18.2 Å². The monoisotopic (exact) mass is 279 g/mol. The van der Waals surface area contributed by atoms with E-state index in [-0.39, 0.29) is 24.2 Å². The molecule has 1 aromatic carbocycles. The number of carbonyl (C=O) groups excluding carboxylic acids is 2. The van der Waals surface area contributed by atoms with Crippen molar-refractivity contribution in [2.75, 3.05) is 11.4 Å². The Balaban J connectivity index is 2.47. The number of hydrogen-bond donors (Lipinski definition) is 2. The van der Waals surface area contributed by atoms with Crippen molar-refractivity contribution in [1.82, 2.24) is 5.32 Å². The van der Waals surface area contributed by atoms with Crippen LogP contribution in [-0.2, 0) is 9.59 Å². The lowest BCUT2D eigenvalue weighted by atomic mass is 10.0. The molecule has 0 saturated carbocycles. The largest absolute Gasteiger partial charge is 0.350 e. The first-order valence-corrected chi connectivity index (χ1v) is 6.59. The number of nitrogens with two attached hydrogens (primary N) is 1. The van der Waals surface area contributed by atoms with Gasteiger partial charge in [-0.2, -0.15) is 0 Å². The molecule has 2 atom stereocenters. The predicted molar refractivity (Wildman–Crippen MR) is 73.6 cm³/mol. The number of piperazine rings is 1. The molecule has 6 heteroatoms. The molecule has 0 bridgehead atoms. The summed E-state index contributed by atoms with van der Waals surface area (Å²) in [7, 11) is 0. The van der Waals surface area contributed by atoms with Crippen molar-refractivity contribution in [3.63, 3.8) is 0 Å². The van der Waals surface area contributed by atoms with E-state index in [2.05, 4.69) is 5.32 Å². The minimum atomic E-state index is -0.448. The number of hydrogen-bond acceptors (Lipinski definition) is 4. The quantitative estimate of drug-likeness (QED) is 0.812. The third kappa shape index (κ3) is 2.65. The van der Waals surface area contributed by atoms with Gasteiger partial charge in [-0.1, -0.05) is 6.92 Å². The maximum atomic E-state index is 13.4. The molecule has 0 aliphatic carbocycles. The lowest BCUT2D eigenvalue weighted by Gasteiger charge is -2.36. The molecule has 3 N–H and O–H groups in total. The third-order valence-corrected chi connectivity index (χ3v) is 3.43. The number of nitrogens with one attached hydrogen (secondary N) is 1. The van der Waals surface area contributed by atoms with Crippen LogP contribution in [0, 0.1) is 5.82 Å². The molecule has 0 aromatic heterocycles. The van der Waals surface area contributed by atoms with E-state index in [0.29, 0.717) is 17.7 Å². The van der Waals surface area contributed by atoms with Crippen LogP contribution in [0.3, 0.4) is 0 Å². The summed E-state index contributed by atoms with van der Waals surface area (Å²) in [6, 6.07) is 3.39. The number of nitrogens with zero attached hydrogens (tertiary/aromatic N) is 1. The molecule has 2 rings (SSSR count). The number of rotatable bonds is 3. The number of amides is 2. The van der Waals surface area contributed by atoms with E-state index in [0.717, 1.165) is 0 Å². The minimum Gasteiger partial charge on any atom is -0.350 e. The standard InChI is InChI=1S/C14H18FN3O2/c1-3-11-14(20)17-13(19)7-18(11)12-5-4-9(15)6-10(12)8(2)16/h4-6,8,11H,3,7,16H2,1-2H3,(H,17,19,20)/t8-,11?/m0/s1. The summed E-state index contributed by atoms with van der Waals surface area (Å²) in [6.45, 7) is 3.67. The number of carbonyl (C=O) groups is 2. The molecule has 1 heterocycles. The second-order valence-electron chi connectivity index (χ2n) is 4.96. The summed E-state index contributed by atoms with van der Waals surface area (Å²) in [5.74, 6) is -1.08. The number of halogens is 1. The average Bonchev–Trinajstić information content (AvgIpc) is 2.37. The van der Waals surface area contributed by atoms with Crippen molar-refractivity contribution in [3.8, 4) is 0 Å². The Labute approximate surface area is 116 Å². The van der Waals surface area contributed by atoms with Gasteiger partial charge in [0.2, 0.25) is 11.8 Å². The molecule has 1 aromatic rings. The van der Waals surface area contributed by atoms with Crippen LogP contribution in [0.5, 0.6) is 0 Å². The van der Waals surface area contributed by atoms with Gasteiger partial charge in [0.05, 0.1) is 6.54 Å². The summed E-state index contributed by atoms with van der Waals surface area (Å²) >= 11 is 0. The highest BCUT2D eigenvalue weighted by atomic mass is 19.1. The topological polar surface area (TPSA) is 75.4 Å². The van der Waals surface area contributed by atoms with E-state index in [1.165, 1.54) is 12.1 Å². The highest BCUT2D eigenvalue weighted by Crippen LogP contribution is 2.29. The molecular weight excluding hydrogens is 261 g/mol. The normalized spacial score (nSPS) is 20.8. The molecule has 5 nitrogen and oxygen atoms in total. The fourth-order valence-corrected chi connectivity index (χ4v) is 2.48.